The van der Waals surface area contributed by atoms with E-state index in [0.29, 0.717) is 13.2 Å². The van der Waals surface area contributed by atoms with Crippen molar-refractivity contribution in [2.45, 2.75) is 18.7 Å². The molecule has 1 saturated heterocycles. The van der Waals surface area contributed by atoms with Crippen LogP contribution in [0, 0.1) is 0 Å². The molecule has 1 amide bonds. The molecule has 0 spiro atoms. The molecular weight excluding hydrogens is 282 g/mol. The van der Waals surface area contributed by atoms with E-state index in [0.717, 1.165) is 5.56 Å². The van der Waals surface area contributed by atoms with Crippen LogP contribution in [0.3, 0.4) is 0 Å². The van der Waals surface area contributed by atoms with Crippen LogP contribution in [0.5, 0.6) is 0 Å². The molecule has 1 aromatic heterocycles. The number of ether oxygens (including phenoxy) is 1. The topological polar surface area (TPSA) is 67.6 Å². The van der Waals surface area contributed by atoms with Gasteiger partial charge in [0.25, 0.3) is 0 Å². The highest BCUT2D eigenvalue weighted by molar-refractivity contribution is 5.76. The minimum absolute atomic E-state index is 0.0284. The molecule has 1 aliphatic heterocycles. The van der Waals surface area contributed by atoms with Crippen molar-refractivity contribution >= 4 is 5.91 Å². The first-order valence-corrected chi connectivity index (χ1v) is 7.34. The quantitative estimate of drug-likeness (QED) is 0.909. The predicted molar refractivity (Wildman–Crippen MR) is 79.9 cm³/mol. The van der Waals surface area contributed by atoms with Gasteiger partial charge >= 0.3 is 0 Å². The van der Waals surface area contributed by atoms with Crippen molar-refractivity contribution in [2.75, 3.05) is 19.8 Å². The number of aromatic nitrogens is 2. The second-order valence-electron chi connectivity index (χ2n) is 5.24. The number of rotatable bonds is 4. The maximum absolute atomic E-state index is 12.6. The highest BCUT2D eigenvalue weighted by atomic mass is 16.5. The summed E-state index contributed by atoms with van der Waals surface area (Å²) in [6.07, 6.45) is 3.01. The smallest absolute Gasteiger partial charge is 0.244 e. The number of benzene rings is 1. The molecule has 1 N–H and O–H groups in total. The Balaban J connectivity index is 1.84. The van der Waals surface area contributed by atoms with Crippen LogP contribution in [0.2, 0.25) is 0 Å². The minimum atomic E-state index is -0.405. The number of hydrogen-bond donors (Lipinski definition) is 1. The van der Waals surface area contributed by atoms with Gasteiger partial charge in [0, 0.05) is 18.9 Å². The number of carbonyl (C=O) groups excluding carboxylic acids is 1. The highest BCUT2D eigenvalue weighted by Gasteiger charge is 2.35. The molecule has 0 bridgehead atoms. The van der Waals surface area contributed by atoms with Crippen molar-refractivity contribution in [3.05, 3.63) is 54.4 Å². The molecule has 0 unspecified atom stereocenters. The van der Waals surface area contributed by atoms with Crippen LogP contribution in [0.25, 0.3) is 0 Å². The first kappa shape index (κ1) is 14.7. The average molecular weight is 301 g/mol. The number of carbonyl (C=O) groups is 1. The van der Waals surface area contributed by atoms with Crippen LogP contribution in [-0.2, 0) is 16.1 Å². The Hall–Kier alpha value is -2.18. The van der Waals surface area contributed by atoms with Crippen molar-refractivity contribution < 1.29 is 14.6 Å². The van der Waals surface area contributed by atoms with Gasteiger partial charge in [-0.1, -0.05) is 30.3 Å². The zero-order chi connectivity index (χ0) is 15.4. The summed E-state index contributed by atoms with van der Waals surface area (Å²) in [5.74, 6) is -0.0284. The number of hydrogen-bond acceptors (Lipinski definition) is 4. The van der Waals surface area contributed by atoms with Gasteiger partial charge in [-0.05, 0) is 11.6 Å². The Labute approximate surface area is 128 Å². The second-order valence-corrected chi connectivity index (χ2v) is 5.24. The molecule has 3 rings (SSSR count). The summed E-state index contributed by atoms with van der Waals surface area (Å²) in [7, 11) is 0. The lowest BCUT2D eigenvalue weighted by Crippen LogP contribution is -2.50. The Morgan fingerprint density at radius 1 is 1.32 bits per heavy atom. The van der Waals surface area contributed by atoms with Crippen molar-refractivity contribution in [1.82, 2.24) is 14.7 Å². The molecule has 1 fully saturated rings. The lowest BCUT2D eigenvalue weighted by molar-refractivity contribution is -0.150. The van der Waals surface area contributed by atoms with E-state index in [1.54, 1.807) is 28.0 Å². The van der Waals surface area contributed by atoms with E-state index in [1.165, 1.54) is 0 Å². The standard InChI is InChI=1S/C16H19N3O3/c20-12-14-16(13-5-2-1-3-6-13)19(9-10-22-14)15(21)11-18-8-4-7-17-18/h1-8,14,16,20H,9-12H2/t14-,16-/m1/s1. The molecule has 22 heavy (non-hydrogen) atoms. The molecule has 1 aromatic carbocycles. The number of amides is 1. The Morgan fingerprint density at radius 3 is 2.82 bits per heavy atom. The zero-order valence-electron chi connectivity index (χ0n) is 12.2. The van der Waals surface area contributed by atoms with Crippen LogP contribution in [0.4, 0.5) is 0 Å². The van der Waals surface area contributed by atoms with E-state index >= 15 is 0 Å². The van der Waals surface area contributed by atoms with Crippen LogP contribution in [-0.4, -0.2) is 51.6 Å². The first-order valence-electron chi connectivity index (χ1n) is 7.34. The largest absolute Gasteiger partial charge is 0.394 e. The van der Waals surface area contributed by atoms with Crippen LogP contribution in [0.15, 0.2) is 48.8 Å². The van der Waals surface area contributed by atoms with Crippen LogP contribution >= 0.6 is 0 Å². The molecule has 0 saturated carbocycles. The molecular formula is C16H19N3O3. The van der Waals surface area contributed by atoms with Gasteiger partial charge in [-0.3, -0.25) is 9.48 Å². The lowest BCUT2D eigenvalue weighted by atomic mass is 9.98. The fourth-order valence-electron chi connectivity index (χ4n) is 2.83. The first-order chi connectivity index (χ1) is 10.8. The third-order valence-electron chi connectivity index (χ3n) is 3.85. The average Bonchev–Trinajstić information content (AvgIpc) is 3.07. The normalized spacial score (nSPS) is 21.8. The second kappa shape index (κ2) is 6.72. The molecule has 6 heteroatoms. The summed E-state index contributed by atoms with van der Waals surface area (Å²) >= 11 is 0. The summed E-state index contributed by atoms with van der Waals surface area (Å²) in [6.45, 7) is 1.01. The summed E-state index contributed by atoms with van der Waals surface area (Å²) in [5.41, 5.74) is 0.968. The fourth-order valence-corrected chi connectivity index (χ4v) is 2.83. The van der Waals surface area contributed by atoms with E-state index in [2.05, 4.69) is 5.10 Å². The van der Waals surface area contributed by atoms with E-state index in [-0.39, 0.29) is 25.1 Å². The van der Waals surface area contributed by atoms with Gasteiger partial charge in [0.05, 0.1) is 19.3 Å². The summed E-state index contributed by atoms with van der Waals surface area (Å²) in [4.78, 5) is 14.4. The van der Waals surface area contributed by atoms with Crippen molar-refractivity contribution in [1.29, 1.82) is 0 Å². The zero-order valence-corrected chi connectivity index (χ0v) is 12.2. The van der Waals surface area contributed by atoms with E-state index in [1.807, 2.05) is 30.3 Å². The van der Waals surface area contributed by atoms with Gasteiger partial charge in [0.1, 0.15) is 12.6 Å². The Kier molecular flexibility index (Phi) is 4.50. The van der Waals surface area contributed by atoms with Gasteiger partial charge in [0.15, 0.2) is 0 Å². The lowest BCUT2D eigenvalue weighted by Gasteiger charge is -2.41. The number of aliphatic hydroxyl groups is 1. The predicted octanol–water partition coefficient (Wildman–Crippen LogP) is 0.844. The van der Waals surface area contributed by atoms with Crippen molar-refractivity contribution in [3.8, 4) is 0 Å². The van der Waals surface area contributed by atoms with Gasteiger partial charge in [-0.2, -0.15) is 5.10 Å². The molecule has 2 aromatic rings. The monoisotopic (exact) mass is 301 g/mol. The fraction of sp³-hybridized carbons (Fsp3) is 0.375. The van der Waals surface area contributed by atoms with Gasteiger partial charge in [0.2, 0.25) is 5.91 Å². The van der Waals surface area contributed by atoms with E-state index in [4.69, 9.17) is 4.74 Å². The summed E-state index contributed by atoms with van der Waals surface area (Å²) in [6, 6.07) is 11.2. The molecule has 6 nitrogen and oxygen atoms in total. The Morgan fingerprint density at radius 2 is 2.14 bits per heavy atom. The van der Waals surface area contributed by atoms with Crippen LogP contribution < -0.4 is 0 Å². The molecule has 2 heterocycles. The van der Waals surface area contributed by atoms with E-state index < -0.39 is 6.10 Å². The van der Waals surface area contributed by atoms with Crippen LogP contribution in [0.1, 0.15) is 11.6 Å². The van der Waals surface area contributed by atoms with Gasteiger partial charge in [-0.25, -0.2) is 0 Å². The highest BCUT2D eigenvalue weighted by Crippen LogP contribution is 2.29. The third kappa shape index (κ3) is 3.03. The molecule has 0 radical (unpaired) electrons. The van der Waals surface area contributed by atoms with Crippen molar-refractivity contribution in [3.63, 3.8) is 0 Å². The number of morpholine rings is 1. The molecule has 116 valence electrons. The SMILES string of the molecule is O=C(Cn1cccn1)N1CCO[C@H](CO)[C@H]1c1ccccc1. The third-order valence-corrected chi connectivity index (χ3v) is 3.85. The molecule has 2 atom stereocenters. The maximum atomic E-state index is 12.6. The van der Waals surface area contributed by atoms with Gasteiger partial charge in [-0.15, -0.1) is 0 Å². The molecule has 0 aliphatic carbocycles. The van der Waals surface area contributed by atoms with Crippen molar-refractivity contribution in [2.24, 2.45) is 0 Å². The number of aliphatic hydroxyl groups excluding tert-OH is 1. The summed E-state index contributed by atoms with van der Waals surface area (Å²) < 4.78 is 7.25. The minimum Gasteiger partial charge on any atom is -0.394 e. The van der Waals surface area contributed by atoms with E-state index in [9.17, 15) is 9.90 Å². The number of nitrogens with zero attached hydrogens (tertiary/aromatic N) is 3. The van der Waals surface area contributed by atoms with Gasteiger partial charge < -0.3 is 14.7 Å². The Bertz CT molecular complexity index is 600. The summed E-state index contributed by atoms with van der Waals surface area (Å²) in [5, 5.41) is 13.7. The maximum Gasteiger partial charge on any atom is 0.244 e. The molecule has 1 aliphatic rings.